The average Bonchev–Trinajstić information content (AvgIpc) is 3.44. The molecule has 8 heteroatoms. The highest BCUT2D eigenvalue weighted by Crippen LogP contribution is 2.32. The molecule has 0 spiro atoms. The molecule has 1 saturated heterocycles. The Morgan fingerprint density at radius 3 is 2.66 bits per heavy atom. The monoisotopic (exact) mass is 434 g/mol. The van der Waals surface area contributed by atoms with Crippen molar-refractivity contribution in [1.29, 1.82) is 0 Å². The Bertz CT molecular complexity index is 800. The van der Waals surface area contributed by atoms with E-state index in [0.29, 0.717) is 5.75 Å². The lowest BCUT2D eigenvalue weighted by Gasteiger charge is -2.31. The minimum Gasteiger partial charge on any atom is -0.444 e. The van der Waals surface area contributed by atoms with Gasteiger partial charge in [-0.05, 0) is 38.8 Å². The third kappa shape index (κ3) is 5.67. The van der Waals surface area contributed by atoms with Crippen molar-refractivity contribution in [1.82, 2.24) is 15.2 Å². The fourth-order valence-corrected chi connectivity index (χ4v) is 5.28. The van der Waals surface area contributed by atoms with Crippen molar-refractivity contribution in [2.24, 2.45) is 10.9 Å². The first-order valence-electron chi connectivity index (χ1n) is 10.4. The predicted molar refractivity (Wildman–Crippen MR) is 120 cm³/mol. The normalized spacial score (nSPS) is 21.6. The van der Waals surface area contributed by atoms with Gasteiger partial charge in [-0.3, -0.25) is 4.79 Å². The Morgan fingerprint density at radius 1 is 1.31 bits per heavy atom. The number of nitrogens with one attached hydrogen (secondary N) is 1. The highest BCUT2D eigenvalue weighted by Gasteiger charge is 2.34. The zero-order chi connectivity index (χ0) is 20.4. The Kier molecular flexibility index (Phi) is 6.41. The molecule has 1 aliphatic carbocycles. The van der Waals surface area contributed by atoms with Gasteiger partial charge in [-0.15, -0.1) is 11.8 Å². The molecule has 0 atom stereocenters. The molecule has 3 heterocycles. The smallest absolute Gasteiger partial charge is 0.229 e. The summed E-state index contributed by atoms with van der Waals surface area (Å²) >= 11 is 3.28. The van der Waals surface area contributed by atoms with Crippen molar-refractivity contribution >= 4 is 34.6 Å². The van der Waals surface area contributed by atoms with Crippen LogP contribution in [0.1, 0.15) is 58.1 Å². The SMILES string of the molecule is CC(C)(C)c1cnc(CSC2=CN=C(NC(=O)C3CCN(C4CC4)CC3)SC2)o1. The van der Waals surface area contributed by atoms with Crippen LogP contribution in [0.3, 0.4) is 0 Å². The van der Waals surface area contributed by atoms with Crippen molar-refractivity contribution in [3.8, 4) is 0 Å². The second-order valence-corrected chi connectivity index (χ2v) is 11.1. The summed E-state index contributed by atoms with van der Waals surface area (Å²) in [4.78, 5) is 25.1. The molecule has 0 radical (unpaired) electrons. The number of amidine groups is 1. The van der Waals surface area contributed by atoms with E-state index in [1.165, 1.54) is 17.7 Å². The molecule has 1 N–H and O–H groups in total. The van der Waals surface area contributed by atoms with Crippen LogP contribution in [0.4, 0.5) is 0 Å². The van der Waals surface area contributed by atoms with Crippen molar-refractivity contribution in [3.05, 3.63) is 29.0 Å². The van der Waals surface area contributed by atoms with Gasteiger partial charge in [0.05, 0.1) is 11.9 Å². The van der Waals surface area contributed by atoms with Gasteiger partial charge >= 0.3 is 0 Å². The summed E-state index contributed by atoms with van der Waals surface area (Å²) in [5.74, 6) is 3.41. The Labute approximate surface area is 181 Å². The van der Waals surface area contributed by atoms with Crippen LogP contribution in [-0.4, -0.2) is 45.8 Å². The average molecular weight is 435 g/mol. The molecule has 0 unspecified atom stereocenters. The van der Waals surface area contributed by atoms with Crippen LogP contribution >= 0.6 is 23.5 Å². The maximum atomic E-state index is 12.6. The van der Waals surface area contributed by atoms with E-state index in [2.05, 4.69) is 41.0 Å². The fourth-order valence-electron chi connectivity index (χ4n) is 3.54. The van der Waals surface area contributed by atoms with Crippen LogP contribution in [0.15, 0.2) is 26.7 Å². The third-order valence-electron chi connectivity index (χ3n) is 5.54. The van der Waals surface area contributed by atoms with E-state index in [4.69, 9.17) is 4.42 Å². The van der Waals surface area contributed by atoms with Crippen LogP contribution in [0.5, 0.6) is 0 Å². The molecule has 1 aromatic heterocycles. The van der Waals surface area contributed by atoms with Gasteiger partial charge in [-0.1, -0.05) is 32.5 Å². The Hall–Kier alpha value is -1.25. The molecule has 2 aliphatic heterocycles. The summed E-state index contributed by atoms with van der Waals surface area (Å²) in [5.41, 5.74) is -0.0260. The minimum absolute atomic E-state index is 0.0260. The molecule has 2 fully saturated rings. The molecule has 29 heavy (non-hydrogen) atoms. The molecule has 0 bridgehead atoms. The third-order valence-corrected chi connectivity index (χ3v) is 7.68. The standard InChI is InChI=1S/C21H30N4O2S2/c1-21(2,3)17-11-22-18(27-17)13-28-16-10-23-20(29-12-16)24-19(26)14-6-8-25(9-7-14)15-4-5-15/h10-11,14-15H,4-9,12-13H2,1-3H3,(H,23,24,26). The van der Waals surface area contributed by atoms with Crippen molar-refractivity contribution < 1.29 is 9.21 Å². The lowest BCUT2D eigenvalue weighted by Crippen LogP contribution is -2.42. The van der Waals surface area contributed by atoms with Gasteiger partial charge in [-0.25, -0.2) is 9.98 Å². The molecule has 6 nitrogen and oxygen atoms in total. The molecular formula is C21H30N4O2S2. The van der Waals surface area contributed by atoms with Crippen molar-refractivity contribution in [3.63, 3.8) is 0 Å². The first-order chi connectivity index (χ1) is 13.9. The fraction of sp³-hybridized carbons (Fsp3) is 0.667. The van der Waals surface area contributed by atoms with Crippen LogP contribution in [-0.2, 0) is 16.0 Å². The highest BCUT2D eigenvalue weighted by molar-refractivity contribution is 8.15. The summed E-state index contributed by atoms with van der Waals surface area (Å²) in [5, 5.41) is 3.75. The van der Waals surface area contributed by atoms with E-state index in [1.807, 2.05) is 12.4 Å². The van der Waals surface area contributed by atoms with Gasteiger partial charge in [0, 0.05) is 34.2 Å². The largest absolute Gasteiger partial charge is 0.444 e. The number of nitrogens with zero attached hydrogens (tertiary/aromatic N) is 3. The second kappa shape index (κ2) is 8.86. The first kappa shape index (κ1) is 21.0. The van der Waals surface area contributed by atoms with E-state index < -0.39 is 0 Å². The number of rotatable bonds is 5. The van der Waals surface area contributed by atoms with Gasteiger partial charge in [-0.2, -0.15) is 0 Å². The zero-order valence-corrected chi connectivity index (χ0v) is 19.1. The van der Waals surface area contributed by atoms with Gasteiger partial charge in [0.25, 0.3) is 0 Å². The van der Waals surface area contributed by atoms with Crippen LogP contribution in [0, 0.1) is 5.92 Å². The summed E-state index contributed by atoms with van der Waals surface area (Å²) in [6.07, 6.45) is 8.28. The quantitative estimate of drug-likeness (QED) is 0.751. The van der Waals surface area contributed by atoms with Gasteiger partial charge < -0.3 is 14.6 Å². The topological polar surface area (TPSA) is 70.7 Å². The Morgan fingerprint density at radius 2 is 2.07 bits per heavy atom. The van der Waals surface area contributed by atoms with E-state index >= 15 is 0 Å². The van der Waals surface area contributed by atoms with Gasteiger partial charge in [0.2, 0.25) is 11.8 Å². The van der Waals surface area contributed by atoms with Crippen LogP contribution in [0.25, 0.3) is 0 Å². The number of amides is 1. The maximum absolute atomic E-state index is 12.6. The first-order valence-corrected chi connectivity index (χ1v) is 12.4. The number of carbonyl (C=O) groups is 1. The Balaban J connectivity index is 1.23. The second-order valence-electron chi connectivity index (χ2n) is 9.01. The summed E-state index contributed by atoms with van der Waals surface area (Å²) in [7, 11) is 0. The highest BCUT2D eigenvalue weighted by atomic mass is 32.2. The van der Waals surface area contributed by atoms with E-state index in [1.54, 1.807) is 23.5 Å². The van der Waals surface area contributed by atoms with Crippen LogP contribution in [0.2, 0.25) is 0 Å². The zero-order valence-electron chi connectivity index (χ0n) is 17.4. The number of piperidine rings is 1. The molecule has 1 amide bonds. The van der Waals surface area contributed by atoms with E-state index in [9.17, 15) is 4.79 Å². The van der Waals surface area contributed by atoms with Gasteiger partial charge in [0.1, 0.15) is 5.76 Å². The van der Waals surface area contributed by atoms with Crippen molar-refractivity contribution in [2.45, 2.75) is 63.7 Å². The molecule has 3 aliphatic rings. The number of aliphatic imine (C=N–C) groups is 1. The van der Waals surface area contributed by atoms with E-state index in [0.717, 1.165) is 54.5 Å². The maximum Gasteiger partial charge on any atom is 0.229 e. The predicted octanol–water partition coefficient (Wildman–Crippen LogP) is 4.14. The summed E-state index contributed by atoms with van der Waals surface area (Å²) in [6.45, 7) is 8.46. The summed E-state index contributed by atoms with van der Waals surface area (Å²) in [6, 6.07) is 0.801. The van der Waals surface area contributed by atoms with Gasteiger partial charge in [0.15, 0.2) is 5.17 Å². The minimum atomic E-state index is -0.0260. The summed E-state index contributed by atoms with van der Waals surface area (Å²) < 4.78 is 5.84. The number of carbonyl (C=O) groups excluding carboxylic acids is 1. The van der Waals surface area contributed by atoms with Crippen LogP contribution < -0.4 is 5.32 Å². The molecular weight excluding hydrogens is 404 g/mol. The number of aromatic nitrogens is 1. The number of thioether (sulfide) groups is 2. The molecule has 0 aromatic carbocycles. The molecule has 1 saturated carbocycles. The number of hydrogen-bond donors (Lipinski definition) is 1. The molecule has 1 aromatic rings. The number of hydrogen-bond acceptors (Lipinski definition) is 7. The number of oxazole rings is 1. The number of likely N-dealkylation sites (tertiary alicyclic amines) is 1. The molecule has 158 valence electrons. The molecule has 4 rings (SSSR count). The lowest BCUT2D eigenvalue weighted by molar-refractivity contribution is -0.124. The lowest BCUT2D eigenvalue weighted by atomic mass is 9.94. The van der Waals surface area contributed by atoms with Crippen molar-refractivity contribution in [2.75, 3.05) is 18.8 Å². The van der Waals surface area contributed by atoms with E-state index in [-0.39, 0.29) is 17.2 Å².